The second kappa shape index (κ2) is 3.79. The van der Waals surface area contributed by atoms with Crippen LogP contribution in [0.25, 0.3) is 5.95 Å². The van der Waals surface area contributed by atoms with Crippen LogP contribution in [-0.2, 0) is 0 Å². The maximum Gasteiger partial charge on any atom is 0.442 e. The van der Waals surface area contributed by atoms with Gasteiger partial charge in [0, 0.05) is 0 Å². The van der Waals surface area contributed by atoms with E-state index in [0.29, 0.717) is 0 Å². The summed E-state index contributed by atoms with van der Waals surface area (Å²) in [6.07, 6.45) is 5.65. The average Bonchev–Trinajstić information content (AvgIpc) is 2.30. The number of aromatic carboxylic acids is 1. The molecule has 2 heterocycles. The highest BCUT2D eigenvalue weighted by Gasteiger charge is 2.17. The highest BCUT2D eigenvalue weighted by Crippen LogP contribution is 1.90. The summed E-state index contributed by atoms with van der Waals surface area (Å²) in [6.45, 7) is 0. The Morgan fingerprint density at radius 3 is 2.67 bits per heavy atom. The number of hydrogen-bond donors (Lipinski definition) is 1. The molecule has 0 aliphatic heterocycles. The van der Waals surface area contributed by atoms with Crippen LogP contribution in [0.5, 0.6) is 0 Å². The largest absolute Gasteiger partial charge is 0.474 e. The topological polar surface area (TPSA) is 79.8 Å². The molecule has 6 heteroatoms. The summed E-state index contributed by atoms with van der Waals surface area (Å²) in [7, 11) is 0. The van der Waals surface area contributed by atoms with Gasteiger partial charge in [-0.25, -0.2) is 9.36 Å². The number of rotatable bonds is 2. The molecule has 0 amide bonds. The van der Waals surface area contributed by atoms with Gasteiger partial charge in [0.15, 0.2) is 0 Å². The van der Waals surface area contributed by atoms with Crippen LogP contribution in [0.15, 0.2) is 30.6 Å². The van der Waals surface area contributed by atoms with E-state index in [2.05, 4.69) is 21.3 Å². The zero-order valence-electron chi connectivity index (χ0n) is 7.53. The maximum atomic E-state index is 10.6. The van der Waals surface area contributed by atoms with Crippen molar-refractivity contribution in [1.29, 1.82) is 0 Å². The molecule has 0 unspecified atom stereocenters. The van der Waals surface area contributed by atoms with Crippen LogP contribution in [-0.4, -0.2) is 26.0 Å². The van der Waals surface area contributed by atoms with Crippen LogP contribution in [0.4, 0.5) is 0 Å². The van der Waals surface area contributed by atoms with Crippen molar-refractivity contribution in [3.05, 3.63) is 42.7 Å². The average molecular weight is 202 g/mol. The van der Waals surface area contributed by atoms with Gasteiger partial charge in [-0.15, -0.1) is 0 Å². The molecule has 73 valence electrons. The molecular weight excluding hydrogens is 196 g/mol. The van der Waals surface area contributed by atoms with Gasteiger partial charge >= 0.3 is 17.7 Å². The molecule has 0 bridgehead atoms. The highest BCUT2D eigenvalue weighted by atomic mass is 16.4. The first-order valence-electron chi connectivity index (χ1n) is 4.09. The van der Waals surface area contributed by atoms with Crippen molar-refractivity contribution in [2.75, 3.05) is 0 Å². The SMILES string of the molecule is O=C(O)c1n[c]nc(-[n+]2ccccc2)n1. The summed E-state index contributed by atoms with van der Waals surface area (Å²) in [5.41, 5.74) is 0. The van der Waals surface area contributed by atoms with E-state index in [1.54, 1.807) is 29.1 Å². The summed E-state index contributed by atoms with van der Waals surface area (Å²) >= 11 is 0. The number of carbonyl (C=O) groups is 1. The summed E-state index contributed by atoms with van der Waals surface area (Å²) in [5, 5.41) is 8.67. The van der Waals surface area contributed by atoms with Crippen molar-refractivity contribution in [2.45, 2.75) is 0 Å². The zero-order chi connectivity index (χ0) is 10.7. The fourth-order valence-corrected chi connectivity index (χ4v) is 1.00. The Hall–Kier alpha value is -2.37. The molecule has 0 aromatic carbocycles. The van der Waals surface area contributed by atoms with Gasteiger partial charge in [0.05, 0.1) is 12.4 Å². The van der Waals surface area contributed by atoms with Crippen LogP contribution in [0, 0.1) is 6.33 Å². The van der Waals surface area contributed by atoms with Gasteiger partial charge in [-0.1, -0.05) is 6.07 Å². The molecule has 0 saturated carbocycles. The summed E-state index contributed by atoms with van der Waals surface area (Å²) in [4.78, 5) is 21.5. The minimum atomic E-state index is -1.20. The van der Waals surface area contributed by atoms with Crippen LogP contribution >= 0.6 is 0 Å². The van der Waals surface area contributed by atoms with E-state index >= 15 is 0 Å². The van der Waals surface area contributed by atoms with Gasteiger partial charge in [0.1, 0.15) is 0 Å². The number of pyridine rings is 1. The van der Waals surface area contributed by atoms with Crippen LogP contribution in [0.1, 0.15) is 10.6 Å². The summed E-state index contributed by atoms with van der Waals surface area (Å²) < 4.78 is 1.57. The number of carboxylic acids is 1. The lowest BCUT2D eigenvalue weighted by atomic mass is 10.5. The Morgan fingerprint density at radius 2 is 2.00 bits per heavy atom. The van der Waals surface area contributed by atoms with Crippen LogP contribution < -0.4 is 4.57 Å². The summed E-state index contributed by atoms with van der Waals surface area (Å²) in [5.74, 6) is -1.30. The number of carboxylic acid groups (broad SMARTS) is 1. The molecule has 15 heavy (non-hydrogen) atoms. The predicted molar refractivity (Wildman–Crippen MR) is 47.2 cm³/mol. The van der Waals surface area contributed by atoms with Gasteiger partial charge < -0.3 is 5.11 Å². The quantitative estimate of drug-likeness (QED) is 0.673. The molecule has 0 aliphatic rings. The zero-order valence-corrected chi connectivity index (χ0v) is 7.53. The van der Waals surface area contributed by atoms with E-state index in [0.717, 1.165) is 0 Å². The van der Waals surface area contributed by atoms with Crippen molar-refractivity contribution < 1.29 is 14.5 Å². The molecule has 6 nitrogen and oxygen atoms in total. The smallest absolute Gasteiger partial charge is 0.442 e. The van der Waals surface area contributed by atoms with Gasteiger partial charge in [-0.2, -0.15) is 4.98 Å². The Bertz CT molecular complexity index is 486. The first-order chi connectivity index (χ1) is 7.27. The maximum absolute atomic E-state index is 10.6. The third-order valence-corrected chi connectivity index (χ3v) is 1.65. The molecule has 2 aromatic heterocycles. The van der Waals surface area contributed by atoms with Gasteiger partial charge in [-0.3, -0.25) is 0 Å². The second-order valence-electron chi connectivity index (χ2n) is 2.65. The molecular formula is C9H6N4O2+. The molecule has 0 aliphatic carbocycles. The van der Waals surface area contributed by atoms with Crippen molar-refractivity contribution in [3.8, 4) is 5.95 Å². The van der Waals surface area contributed by atoms with Gasteiger partial charge in [-0.05, 0) is 22.1 Å². The highest BCUT2D eigenvalue weighted by molar-refractivity contribution is 5.82. The van der Waals surface area contributed by atoms with Crippen LogP contribution in [0.2, 0.25) is 0 Å². The molecule has 0 saturated heterocycles. The lowest BCUT2D eigenvalue weighted by molar-refractivity contribution is -0.603. The lowest BCUT2D eigenvalue weighted by Crippen LogP contribution is -2.33. The minimum Gasteiger partial charge on any atom is -0.474 e. The molecule has 1 radical (unpaired) electrons. The first kappa shape index (κ1) is 9.20. The Balaban J connectivity index is 2.46. The Labute approximate surface area is 84.9 Å². The number of hydrogen-bond acceptors (Lipinski definition) is 4. The van der Waals surface area contributed by atoms with Crippen molar-refractivity contribution in [1.82, 2.24) is 15.0 Å². The first-order valence-corrected chi connectivity index (χ1v) is 4.09. The standard InChI is InChI=1S/C9H5N4O2/c14-8(15)7-10-6-11-9(12-7)13-4-2-1-3-5-13/h1-5H/p+1. The second-order valence-corrected chi connectivity index (χ2v) is 2.65. The van der Waals surface area contributed by atoms with E-state index in [9.17, 15) is 4.79 Å². The van der Waals surface area contributed by atoms with Gasteiger partial charge in [0.2, 0.25) is 0 Å². The van der Waals surface area contributed by atoms with Crippen molar-refractivity contribution in [3.63, 3.8) is 0 Å². The van der Waals surface area contributed by atoms with E-state index < -0.39 is 5.97 Å². The van der Waals surface area contributed by atoms with Crippen LogP contribution in [0.3, 0.4) is 0 Å². The third kappa shape index (κ3) is 1.93. The van der Waals surface area contributed by atoms with E-state index in [1.807, 2.05) is 6.07 Å². The molecule has 0 atom stereocenters. The van der Waals surface area contributed by atoms with E-state index in [4.69, 9.17) is 5.11 Å². The summed E-state index contributed by atoms with van der Waals surface area (Å²) in [6, 6.07) is 5.40. The molecule has 2 aromatic rings. The molecule has 0 fully saturated rings. The molecule has 2 rings (SSSR count). The van der Waals surface area contributed by atoms with Crippen molar-refractivity contribution in [2.24, 2.45) is 0 Å². The number of nitrogens with zero attached hydrogens (tertiary/aromatic N) is 4. The van der Waals surface area contributed by atoms with E-state index in [1.165, 1.54) is 0 Å². The Kier molecular flexibility index (Phi) is 2.32. The molecule has 0 spiro atoms. The fourth-order valence-electron chi connectivity index (χ4n) is 1.00. The monoisotopic (exact) mass is 202 g/mol. The molecule has 1 N–H and O–H groups in total. The predicted octanol–water partition coefficient (Wildman–Crippen LogP) is -0.353. The third-order valence-electron chi connectivity index (χ3n) is 1.65. The van der Waals surface area contributed by atoms with E-state index in [-0.39, 0.29) is 11.8 Å². The fraction of sp³-hybridized carbons (Fsp3) is 0. The minimum absolute atomic E-state index is 0.225. The number of aromatic nitrogens is 4. The lowest BCUT2D eigenvalue weighted by Gasteiger charge is -1.92. The normalized spacial score (nSPS) is 9.87. The Morgan fingerprint density at radius 1 is 1.27 bits per heavy atom. The van der Waals surface area contributed by atoms with Gasteiger partial charge in [0.25, 0.3) is 6.33 Å². The van der Waals surface area contributed by atoms with Crippen molar-refractivity contribution >= 4 is 5.97 Å².